The van der Waals surface area contributed by atoms with Gasteiger partial charge >= 0.3 is 0 Å². The van der Waals surface area contributed by atoms with Crippen LogP contribution in [0.2, 0.25) is 0 Å². The van der Waals surface area contributed by atoms with Gasteiger partial charge in [-0.1, -0.05) is 45.5 Å². The van der Waals surface area contributed by atoms with Gasteiger partial charge in [-0.3, -0.25) is 19.0 Å². The summed E-state index contributed by atoms with van der Waals surface area (Å²) in [6, 6.07) is 18.8. The van der Waals surface area contributed by atoms with E-state index in [0.717, 1.165) is 15.8 Å². The molecule has 0 radical (unpaired) electrons. The zero-order chi connectivity index (χ0) is 28.8. The van der Waals surface area contributed by atoms with Crippen LogP contribution < -0.4 is 35.0 Å². The number of aromatic nitrogens is 1. The van der Waals surface area contributed by atoms with Crippen LogP contribution in [-0.2, 0) is 9.59 Å². The average molecular weight is 632 g/mol. The van der Waals surface area contributed by atoms with Crippen LogP contribution in [0, 0.1) is 0 Å². The Morgan fingerprint density at radius 2 is 1.83 bits per heavy atom. The van der Waals surface area contributed by atoms with Crippen LogP contribution in [0.5, 0.6) is 11.5 Å². The molecule has 41 heavy (non-hydrogen) atoms. The number of rotatable bonds is 5. The average Bonchev–Trinajstić information content (AvgIpc) is 3.46. The number of halogens is 1. The molecule has 2 aliphatic rings. The highest BCUT2D eigenvalue weighted by molar-refractivity contribution is 9.10. The van der Waals surface area contributed by atoms with Gasteiger partial charge in [-0.05, 0) is 49.4 Å². The first-order valence-corrected chi connectivity index (χ1v) is 14.2. The molecule has 2 aliphatic heterocycles. The van der Waals surface area contributed by atoms with E-state index in [1.54, 1.807) is 56.5 Å². The Hall–Kier alpha value is -4.48. The van der Waals surface area contributed by atoms with E-state index in [2.05, 4.69) is 31.6 Å². The minimum atomic E-state index is -0.892. The third kappa shape index (κ3) is 4.56. The second kappa shape index (κ2) is 10.5. The van der Waals surface area contributed by atoms with Crippen LogP contribution in [0.1, 0.15) is 24.1 Å². The first-order chi connectivity index (χ1) is 19.8. The Bertz CT molecular complexity index is 1960. The number of nitrogens with one attached hydrogen (secondary N) is 2. The maximum absolute atomic E-state index is 14.3. The fraction of sp³-hybridized carbons (Fsp3) is 0.133. The van der Waals surface area contributed by atoms with Gasteiger partial charge in [0.15, 0.2) is 4.80 Å². The molecule has 0 fully saturated rings. The van der Waals surface area contributed by atoms with Crippen molar-refractivity contribution in [2.45, 2.75) is 13.0 Å². The maximum Gasteiger partial charge on any atom is 0.271 e. The molecule has 206 valence electrons. The smallest absolute Gasteiger partial charge is 0.271 e. The largest absolute Gasteiger partial charge is 0.497 e. The zero-order valence-corrected chi connectivity index (χ0v) is 24.6. The van der Waals surface area contributed by atoms with Gasteiger partial charge in [-0.15, -0.1) is 0 Å². The highest BCUT2D eigenvalue weighted by Crippen LogP contribution is 2.38. The number of methoxy groups -OCH3 is 2. The molecule has 3 heterocycles. The van der Waals surface area contributed by atoms with E-state index < -0.39 is 17.5 Å². The predicted molar refractivity (Wildman–Crippen MR) is 160 cm³/mol. The summed E-state index contributed by atoms with van der Waals surface area (Å²) in [6.07, 6.45) is 0. The molecule has 3 aromatic carbocycles. The van der Waals surface area contributed by atoms with Crippen molar-refractivity contribution in [2.75, 3.05) is 24.9 Å². The van der Waals surface area contributed by atoms with E-state index >= 15 is 0 Å². The van der Waals surface area contributed by atoms with Gasteiger partial charge in [-0.25, -0.2) is 4.99 Å². The zero-order valence-electron chi connectivity index (χ0n) is 22.2. The van der Waals surface area contributed by atoms with Gasteiger partial charge in [0, 0.05) is 33.0 Å². The summed E-state index contributed by atoms with van der Waals surface area (Å²) in [5.41, 5.74) is 2.95. The first kappa shape index (κ1) is 26.7. The number of para-hydroxylation sites is 1. The predicted octanol–water partition coefficient (Wildman–Crippen LogP) is 3.98. The summed E-state index contributed by atoms with van der Waals surface area (Å²) in [6.45, 7) is 1.73. The van der Waals surface area contributed by atoms with E-state index in [1.165, 1.54) is 11.7 Å². The van der Waals surface area contributed by atoms with Gasteiger partial charge in [0.1, 0.15) is 22.1 Å². The molecule has 0 spiro atoms. The van der Waals surface area contributed by atoms with Crippen LogP contribution in [0.3, 0.4) is 0 Å². The third-order valence-corrected chi connectivity index (χ3v) is 8.51. The number of carbonyl (C=O) groups excluding carboxylic acids is 2. The van der Waals surface area contributed by atoms with Crippen LogP contribution in [0.4, 0.5) is 11.4 Å². The Morgan fingerprint density at radius 1 is 1.05 bits per heavy atom. The molecule has 0 saturated carbocycles. The highest BCUT2D eigenvalue weighted by Gasteiger charge is 2.36. The Kier molecular flexibility index (Phi) is 6.84. The van der Waals surface area contributed by atoms with E-state index in [-0.39, 0.29) is 21.6 Å². The lowest BCUT2D eigenvalue weighted by atomic mass is 9.94. The Labute approximate surface area is 246 Å². The minimum absolute atomic E-state index is 0.230. The van der Waals surface area contributed by atoms with Crippen molar-refractivity contribution in [2.24, 2.45) is 4.99 Å². The summed E-state index contributed by atoms with van der Waals surface area (Å²) in [4.78, 5) is 46.3. The van der Waals surface area contributed by atoms with Gasteiger partial charge in [0.25, 0.3) is 17.4 Å². The number of thiazole rings is 1. The number of anilines is 2. The number of carbonyl (C=O) groups is 2. The van der Waals surface area contributed by atoms with Crippen LogP contribution in [-0.4, -0.2) is 30.6 Å². The normalized spacial score (nSPS) is 16.9. The third-order valence-electron chi connectivity index (χ3n) is 6.96. The van der Waals surface area contributed by atoms with E-state index in [1.807, 2.05) is 24.3 Å². The molecule has 0 bridgehead atoms. The standard InChI is InChI=1S/C30H23BrN4O5S/c1-15-23(27(36)33-17-7-5-4-6-8-17)25(19-11-10-18(39-2)14-22(19)40-3)35-29(38)26(41-30(35)32-15)24-20-13-16(31)9-12-21(20)34-28(24)37/h4-14,25H,1-3H3,(H,33,36)(H,34,37)/b26-24-/t25-/m0/s1. The van der Waals surface area contributed by atoms with Crippen molar-refractivity contribution in [3.05, 3.63) is 113 Å². The number of fused-ring (bicyclic) bond motifs is 2. The molecular weight excluding hydrogens is 608 g/mol. The van der Waals surface area contributed by atoms with Crippen LogP contribution >= 0.6 is 27.3 Å². The lowest BCUT2D eigenvalue weighted by Gasteiger charge is -2.26. The SMILES string of the molecule is COc1ccc([C@H]2C(C(=O)Nc3ccccc3)=C(C)N=c3s/c(=C4\C(=O)Nc5ccc(Br)cc54)c(=O)n32)c(OC)c1. The highest BCUT2D eigenvalue weighted by atomic mass is 79.9. The molecular formula is C30H23BrN4O5S. The van der Waals surface area contributed by atoms with Crippen LogP contribution in [0.15, 0.2) is 92.3 Å². The number of amides is 2. The number of ether oxygens (including phenoxy) is 2. The van der Waals surface area contributed by atoms with Crippen molar-refractivity contribution < 1.29 is 19.1 Å². The lowest BCUT2D eigenvalue weighted by molar-refractivity contribution is -0.113. The second-order valence-electron chi connectivity index (χ2n) is 9.35. The summed E-state index contributed by atoms with van der Waals surface area (Å²) >= 11 is 4.57. The molecule has 4 aromatic rings. The Balaban J connectivity index is 1.62. The number of hydrogen-bond donors (Lipinski definition) is 2. The van der Waals surface area contributed by atoms with Crippen molar-refractivity contribution in [3.8, 4) is 11.5 Å². The number of nitrogens with zero attached hydrogens (tertiary/aromatic N) is 2. The van der Waals surface area contributed by atoms with E-state index in [0.29, 0.717) is 44.5 Å². The Morgan fingerprint density at radius 3 is 2.56 bits per heavy atom. The first-order valence-electron chi connectivity index (χ1n) is 12.6. The molecule has 2 N–H and O–H groups in total. The van der Waals surface area contributed by atoms with E-state index in [9.17, 15) is 14.4 Å². The fourth-order valence-electron chi connectivity index (χ4n) is 5.09. The van der Waals surface area contributed by atoms with Gasteiger partial charge in [0.2, 0.25) is 0 Å². The van der Waals surface area contributed by atoms with E-state index in [4.69, 9.17) is 9.47 Å². The van der Waals surface area contributed by atoms with Crippen molar-refractivity contribution in [1.29, 1.82) is 0 Å². The molecule has 1 aromatic heterocycles. The molecule has 11 heteroatoms. The summed E-state index contributed by atoms with van der Waals surface area (Å²) in [7, 11) is 3.06. The quantitative estimate of drug-likeness (QED) is 0.347. The molecule has 6 rings (SSSR count). The van der Waals surface area contributed by atoms with Crippen LogP contribution in [0.25, 0.3) is 5.57 Å². The second-order valence-corrected chi connectivity index (χ2v) is 11.2. The topological polar surface area (TPSA) is 111 Å². The van der Waals surface area contributed by atoms with Gasteiger partial charge in [-0.2, -0.15) is 0 Å². The van der Waals surface area contributed by atoms with Gasteiger partial charge < -0.3 is 20.1 Å². The fourth-order valence-corrected chi connectivity index (χ4v) is 6.59. The summed E-state index contributed by atoms with van der Waals surface area (Å²) in [5, 5.41) is 5.77. The summed E-state index contributed by atoms with van der Waals surface area (Å²) < 4.78 is 13.6. The monoisotopic (exact) mass is 630 g/mol. The van der Waals surface area contributed by atoms with Crippen molar-refractivity contribution in [3.63, 3.8) is 0 Å². The van der Waals surface area contributed by atoms with Gasteiger partial charge in [0.05, 0.1) is 31.1 Å². The number of allylic oxidation sites excluding steroid dienone is 1. The minimum Gasteiger partial charge on any atom is -0.497 e. The number of hydrogen-bond acceptors (Lipinski definition) is 7. The molecule has 9 nitrogen and oxygen atoms in total. The molecule has 0 unspecified atom stereocenters. The maximum atomic E-state index is 14.3. The molecule has 0 saturated heterocycles. The summed E-state index contributed by atoms with van der Waals surface area (Å²) in [5.74, 6) is 0.201. The van der Waals surface area contributed by atoms with Crippen molar-refractivity contribution in [1.82, 2.24) is 4.57 Å². The molecule has 0 aliphatic carbocycles. The lowest BCUT2D eigenvalue weighted by Crippen LogP contribution is -2.41. The molecule has 2 amide bonds. The molecule has 1 atom stereocenters. The van der Waals surface area contributed by atoms with Crippen molar-refractivity contribution >= 4 is 56.0 Å². The number of benzene rings is 3.